The fourth-order valence-corrected chi connectivity index (χ4v) is 3.08. The van der Waals surface area contributed by atoms with E-state index in [0.717, 1.165) is 12.5 Å². The summed E-state index contributed by atoms with van der Waals surface area (Å²) in [4.78, 5) is 0. The Labute approximate surface area is 91.7 Å². The smallest absolute Gasteiger partial charge is 0.00204 e. The van der Waals surface area contributed by atoms with E-state index < -0.39 is 0 Å². The maximum absolute atomic E-state index is 5.85. The number of hydrogen-bond donors (Lipinski definition) is 1. The minimum atomic E-state index is 0.548. The summed E-state index contributed by atoms with van der Waals surface area (Å²) in [5.74, 6) is 0.869. The number of fused-ring (bicyclic) bond motifs is 1. The van der Waals surface area contributed by atoms with Crippen LogP contribution in [0.2, 0.25) is 0 Å². The second kappa shape index (κ2) is 3.34. The summed E-state index contributed by atoms with van der Waals surface area (Å²) < 4.78 is 0. The Bertz CT molecular complexity index is 340. The summed E-state index contributed by atoms with van der Waals surface area (Å²) in [5.41, 5.74) is 9.56. The summed E-state index contributed by atoms with van der Waals surface area (Å²) in [6, 6.07) is 8.91. The van der Waals surface area contributed by atoms with Crippen molar-refractivity contribution < 1.29 is 0 Å². The SMILES string of the molecule is NCC1(CC2Cc3ccccc3C2)CC1. The minimum absolute atomic E-state index is 0.548. The van der Waals surface area contributed by atoms with Gasteiger partial charge in [0.2, 0.25) is 0 Å². The zero-order valence-electron chi connectivity index (χ0n) is 9.21. The number of rotatable bonds is 3. The van der Waals surface area contributed by atoms with Gasteiger partial charge in [-0.2, -0.15) is 0 Å². The van der Waals surface area contributed by atoms with Gasteiger partial charge in [-0.1, -0.05) is 24.3 Å². The predicted molar refractivity (Wildman–Crippen MR) is 62.7 cm³/mol. The molecule has 15 heavy (non-hydrogen) atoms. The van der Waals surface area contributed by atoms with Crippen LogP contribution >= 0.6 is 0 Å². The number of nitrogens with two attached hydrogens (primary N) is 1. The van der Waals surface area contributed by atoms with Crippen molar-refractivity contribution in [1.29, 1.82) is 0 Å². The van der Waals surface area contributed by atoms with Crippen molar-refractivity contribution in [2.24, 2.45) is 17.1 Å². The maximum atomic E-state index is 5.85. The highest BCUT2D eigenvalue weighted by Gasteiger charge is 2.43. The number of benzene rings is 1. The van der Waals surface area contributed by atoms with Crippen molar-refractivity contribution >= 4 is 0 Å². The lowest BCUT2D eigenvalue weighted by Gasteiger charge is -2.17. The molecule has 1 saturated carbocycles. The van der Waals surface area contributed by atoms with Crippen molar-refractivity contribution in [2.45, 2.75) is 32.1 Å². The summed E-state index contributed by atoms with van der Waals surface area (Å²) in [6.07, 6.45) is 6.68. The molecule has 0 saturated heterocycles. The summed E-state index contributed by atoms with van der Waals surface area (Å²) in [5, 5.41) is 0. The first-order valence-electron chi connectivity index (χ1n) is 6.08. The average Bonchev–Trinajstić information content (AvgIpc) is 2.91. The first-order chi connectivity index (χ1) is 7.31. The van der Waals surface area contributed by atoms with Gasteiger partial charge in [-0.15, -0.1) is 0 Å². The molecule has 0 amide bonds. The van der Waals surface area contributed by atoms with Gasteiger partial charge < -0.3 is 5.73 Å². The third kappa shape index (κ3) is 1.69. The van der Waals surface area contributed by atoms with Crippen molar-refractivity contribution in [3.63, 3.8) is 0 Å². The standard InChI is InChI=1S/C14H19N/c15-10-14(5-6-14)9-11-7-12-3-1-2-4-13(12)8-11/h1-4,11H,5-10,15H2. The number of hydrogen-bond acceptors (Lipinski definition) is 1. The second-order valence-electron chi connectivity index (χ2n) is 5.45. The molecule has 1 nitrogen and oxygen atoms in total. The summed E-state index contributed by atoms with van der Waals surface area (Å²) >= 11 is 0. The van der Waals surface area contributed by atoms with Crippen molar-refractivity contribution in [1.82, 2.24) is 0 Å². The van der Waals surface area contributed by atoms with Crippen LogP contribution in [0.25, 0.3) is 0 Å². The van der Waals surface area contributed by atoms with Crippen molar-refractivity contribution in [2.75, 3.05) is 6.54 Å². The molecule has 2 N–H and O–H groups in total. The Hall–Kier alpha value is -0.820. The van der Waals surface area contributed by atoms with Crippen molar-refractivity contribution in [3.05, 3.63) is 35.4 Å². The fourth-order valence-electron chi connectivity index (χ4n) is 3.08. The van der Waals surface area contributed by atoms with Crippen LogP contribution in [-0.4, -0.2) is 6.54 Å². The van der Waals surface area contributed by atoms with Crippen LogP contribution < -0.4 is 5.73 Å². The quantitative estimate of drug-likeness (QED) is 0.799. The van der Waals surface area contributed by atoms with Crippen LogP contribution in [0.15, 0.2) is 24.3 Å². The highest BCUT2D eigenvalue weighted by atomic mass is 14.7. The van der Waals surface area contributed by atoms with Gasteiger partial charge in [0.05, 0.1) is 0 Å². The predicted octanol–water partition coefficient (Wildman–Crippen LogP) is 2.53. The molecule has 0 bridgehead atoms. The van der Waals surface area contributed by atoms with E-state index in [1.54, 1.807) is 11.1 Å². The highest BCUT2D eigenvalue weighted by molar-refractivity contribution is 5.32. The van der Waals surface area contributed by atoms with Gasteiger partial charge in [0.1, 0.15) is 0 Å². The lowest BCUT2D eigenvalue weighted by molar-refractivity contribution is 0.368. The van der Waals surface area contributed by atoms with Gasteiger partial charge in [-0.05, 0) is 61.1 Å². The maximum Gasteiger partial charge on any atom is -0.00204 e. The van der Waals surface area contributed by atoms with E-state index in [9.17, 15) is 0 Å². The molecule has 0 spiro atoms. The topological polar surface area (TPSA) is 26.0 Å². The molecule has 0 unspecified atom stereocenters. The van der Waals surface area contributed by atoms with Crippen LogP contribution in [0.4, 0.5) is 0 Å². The molecule has 2 aliphatic carbocycles. The zero-order valence-corrected chi connectivity index (χ0v) is 9.21. The van der Waals surface area contributed by atoms with Crippen LogP contribution in [0.3, 0.4) is 0 Å². The summed E-state index contributed by atoms with van der Waals surface area (Å²) in [6.45, 7) is 0.903. The Balaban J connectivity index is 1.69. The first-order valence-corrected chi connectivity index (χ1v) is 6.08. The molecular formula is C14H19N. The van der Waals surface area contributed by atoms with E-state index in [1.165, 1.54) is 32.1 Å². The molecule has 0 atom stereocenters. The highest BCUT2D eigenvalue weighted by Crippen LogP contribution is 2.51. The summed E-state index contributed by atoms with van der Waals surface area (Å²) in [7, 11) is 0. The molecule has 0 heterocycles. The molecule has 1 heteroatoms. The van der Waals surface area contributed by atoms with E-state index in [0.29, 0.717) is 5.41 Å². The first kappa shape index (κ1) is 9.41. The Kier molecular flexibility index (Phi) is 2.10. The molecule has 80 valence electrons. The molecule has 2 aliphatic rings. The van der Waals surface area contributed by atoms with Crippen LogP contribution in [0.5, 0.6) is 0 Å². The molecule has 0 radical (unpaired) electrons. The largest absolute Gasteiger partial charge is 0.330 e. The van der Waals surface area contributed by atoms with E-state index in [2.05, 4.69) is 24.3 Å². The third-order valence-corrected chi connectivity index (χ3v) is 4.25. The average molecular weight is 201 g/mol. The lowest BCUT2D eigenvalue weighted by Crippen LogP contribution is -2.19. The van der Waals surface area contributed by atoms with Gasteiger partial charge in [-0.3, -0.25) is 0 Å². The third-order valence-electron chi connectivity index (χ3n) is 4.25. The van der Waals surface area contributed by atoms with Crippen LogP contribution in [-0.2, 0) is 12.8 Å². The van der Waals surface area contributed by atoms with Gasteiger partial charge >= 0.3 is 0 Å². The van der Waals surface area contributed by atoms with Gasteiger partial charge in [0.15, 0.2) is 0 Å². The lowest BCUT2D eigenvalue weighted by atomic mass is 9.90. The van der Waals surface area contributed by atoms with E-state index in [1.807, 2.05) is 0 Å². The molecule has 0 aliphatic heterocycles. The van der Waals surface area contributed by atoms with Gasteiger partial charge in [0.25, 0.3) is 0 Å². The van der Waals surface area contributed by atoms with Gasteiger partial charge in [-0.25, -0.2) is 0 Å². The fraction of sp³-hybridized carbons (Fsp3) is 0.571. The Morgan fingerprint density at radius 3 is 2.20 bits per heavy atom. The van der Waals surface area contributed by atoms with E-state index >= 15 is 0 Å². The molecule has 1 fully saturated rings. The van der Waals surface area contributed by atoms with Crippen molar-refractivity contribution in [3.8, 4) is 0 Å². The Morgan fingerprint density at radius 2 is 1.73 bits per heavy atom. The minimum Gasteiger partial charge on any atom is -0.330 e. The molecule has 3 rings (SSSR count). The van der Waals surface area contributed by atoms with Gasteiger partial charge in [0, 0.05) is 0 Å². The monoisotopic (exact) mass is 201 g/mol. The molecule has 0 aromatic heterocycles. The van der Waals surface area contributed by atoms with Crippen LogP contribution in [0, 0.1) is 11.3 Å². The van der Waals surface area contributed by atoms with Crippen LogP contribution in [0.1, 0.15) is 30.4 Å². The molecular weight excluding hydrogens is 182 g/mol. The molecule has 1 aromatic rings. The zero-order chi connectivity index (χ0) is 10.3. The second-order valence-corrected chi connectivity index (χ2v) is 5.45. The normalized spacial score (nSPS) is 22.7. The van der Waals surface area contributed by atoms with E-state index in [-0.39, 0.29) is 0 Å². The molecule has 1 aromatic carbocycles. The van der Waals surface area contributed by atoms with E-state index in [4.69, 9.17) is 5.73 Å². The Morgan fingerprint density at radius 1 is 1.13 bits per heavy atom.